The number of rotatable bonds is 5. The lowest BCUT2D eigenvalue weighted by atomic mass is 10.1. The summed E-state index contributed by atoms with van der Waals surface area (Å²) in [5.74, 6) is -0.904. The molecule has 0 aliphatic heterocycles. The van der Waals surface area contributed by atoms with Crippen molar-refractivity contribution in [1.82, 2.24) is 29.4 Å². The molecule has 0 radical (unpaired) electrons. The zero-order chi connectivity index (χ0) is 18.1. The number of carbonyl (C=O) groups is 1. The highest BCUT2D eigenvalue weighted by Gasteiger charge is 2.15. The van der Waals surface area contributed by atoms with Gasteiger partial charge in [-0.3, -0.25) is 14.2 Å². The van der Waals surface area contributed by atoms with Crippen LogP contribution in [0.1, 0.15) is 12.8 Å². The van der Waals surface area contributed by atoms with Crippen LogP contribution in [0.3, 0.4) is 0 Å². The fraction of sp³-hybridized carbons (Fsp3) is 0.176. The topological polar surface area (TPSA) is 115 Å². The van der Waals surface area contributed by atoms with Gasteiger partial charge in [0.15, 0.2) is 16.8 Å². The Labute approximate surface area is 146 Å². The molecule has 0 amide bonds. The lowest BCUT2D eigenvalue weighted by molar-refractivity contribution is -0.137. The van der Waals surface area contributed by atoms with E-state index in [1.54, 1.807) is 6.20 Å². The molecule has 4 aromatic rings. The number of benzene rings is 1. The molecular weight excluding hydrogens is 336 g/mol. The SMILES string of the molecule is O=C(O)CCCn1cnc2c(nnc3c(-c4ccccc4)cnn32)c1=O. The Morgan fingerprint density at radius 2 is 1.92 bits per heavy atom. The number of fused-ring (bicyclic) bond motifs is 3. The molecule has 26 heavy (non-hydrogen) atoms. The lowest BCUT2D eigenvalue weighted by Crippen LogP contribution is -2.23. The number of aliphatic carboxylic acids is 1. The van der Waals surface area contributed by atoms with E-state index in [1.165, 1.54) is 15.4 Å². The van der Waals surface area contributed by atoms with Gasteiger partial charge in [0.2, 0.25) is 0 Å². The number of carboxylic acid groups (broad SMARTS) is 1. The van der Waals surface area contributed by atoms with Crippen molar-refractivity contribution in [2.75, 3.05) is 0 Å². The molecule has 3 aromatic heterocycles. The van der Waals surface area contributed by atoms with Crippen LogP contribution in [0.15, 0.2) is 47.7 Å². The number of carboxylic acids is 1. The van der Waals surface area contributed by atoms with Crippen molar-refractivity contribution in [3.63, 3.8) is 0 Å². The van der Waals surface area contributed by atoms with Crippen LogP contribution < -0.4 is 5.56 Å². The van der Waals surface area contributed by atoms with Crippen molar-refractivity contribution < 1.29 is 9.90 Å². The van der Waals surface area contributed by atoms with E-state index in [2.05, 4.69) is 20.3 Å². The Kier molecular flexibility index (Phi) is 3.88. The first kappa shape index (κ1) is 15.9. The summed E-state index contributed by atoms with van der Waals surface area (Å²) in [4.78, 5) is 27.5. The number of hydrogen-bond donors (Lipinski definition) is 1. The average molecular weight is 350 g/mol. The van der Waals surface area contributed by atoms with Crippen LogP contribution in [0, 0.1) is 0 Å². The smallest absolute Gasteiger partial charge is 0.303 e. The Balaban J connectivity index is 1.80. The summed E-state index contributed by atoms with van der Waals surface area (Å²) in [6.45, 7) is 0.252. The molecule has 0 fully saturated rings. The van der Waals surface area contributed by atoms with E-state index in [-0.39, 0.29) is 24.0 Å². The second-order valence-corrected chi connectivity index (χ2v) is 5.77. The van der Waals surface area contributed by atoms with Crippen molar-refractivity contribution in [3.05, 3.63) is 53.2 Å². The molecule has 3 heterocycles. The third-order valence-corrected chi connectivity index (χ3v) is 4.06. The van der Waals surface area contributed by atoms with Gasteiger partial charge in [-0.05, 0) is 12.0 Å². The van der Waals surface area contributed by atoms with Gasteiger partial charge in [-0.25, -0.2) is 4.98 Å². The summed E-state index contributed by atoms with van der Waals surface area (Å²) < 4.78 is 2.83. The van der Waals surface area contributed by atoms with Crippen LogP contribution in [-0.4, -0.2) is 40.4 Å². The minimum absolute atomic E-state index is 0.0191. The number of aromatic nitrogens is 6. The van der Waals surface area contributed by atoms with Gasteiger partial charge in [0.1, 0.15) is 6.33 Å². The Morgan fingerprint density at radius 1 is 1.12 bits per heavy atom. The van der Waals surface area contributed by atoms with E-state index in [9.17, 15) is 9.59 Å². The quantitative estimate of drug-likeness (QED) is 0.578. The Hall–Kier alpha value is -3.62. The van der Waals surface area contributed by atoms with E-state index in [0.717, 1.165) is 11.1 Å². The summed E-state index contributed by atoms with van der Waals surface area (Å²) in [5, 5.41) is 21.2. The minimum Gasteiger partial charge on any atom is -0.481 e. The molecule has 1 aromatic carbocycles. The zero-order valence-electron chi connectivity index (χ0n) is 13.6. The molecule has 1 N–H and O–H groups in total. The van der Waals surface area contributed by atoms with Gasteiger partial charge in [-0.2, -0.15) is 9.61 Å². The molecule has 0 atom stereocenters. The second kappa shape index (κ2) is 6.36. The van der Waals surface area contributed by atoms with E-state index >= 15 is 0 Å². The van der Waals surface area contributed by atoms with Crippen LogP contribution in [0.5, 0.6) is 0 Å². The molecule has 0 aliphatic rings. The highest BCUT2D eigenvalue weighted by molar-refractivity contribution is 5.80. The molecule has 0 spiro atoms. The van der Waals surface area contributed by atoms with Crippen LogP contribution in [0.2, 0.25) is 0 Å². The summed E-state index contributed by atoms with van der Waals surface area (Å²) in [6, 6.07) is 9.64. The normalized spacial score (nSPS) is 11.2. The first-order valence-corrected chi connectivity index (χ1v) is 8.02. The number of hydrogen-bond acceptors (Lipinski definition) is 6. The second-order valence-electron chi connectivity index (χ2n) is 5.77. The molecule has 4 rings (SSSR count). The van der Waals surface area contributed by atoms with Crippen molar-refractivity contribution >= 4 is 22.8 Å². The first-order valence-electron chi connectivity index (χ1n) is 8.02. The number of nitrogens with zero attached hydrogens (tertiary/aromatic N) is 6. The molecule has 9 nitrogen and oxygen atoms in total. The molecular formula is C17H14N6O3. The van der Waals surface area contributed by atoms with E-state index in [4.69, 9.17) is 5.11 Å². The highest BCUT2D eigenvalue weighted by atomic mass is 16.4. The van der Waals surface area contributed by atoms with E-state index in [0.29, 0.717) is 17.7 Å². The fourth-order valence-corrected chi connectivity index (χ4v) is 2.78. The minimum atomic E-state index is -0.904. The zero-order valence-corrected chi connectivity index (χ0v) is 13.6. The molecule has 9 heteroatoms. The predicted molar refractivity (Wildman–Crippen MR) is 92.6 cm³/mol. The molecule has 0 bridgehead atoms. The third kappa shape index (κ3) is 2.69. The summed E-state index contributed by atoms with van der Waals surface area (Å²) >= 11 is 0. The van der Waals surface area contributed by atoms with Crippen LogP contribution in [-0.2, 0) is 11.3 Å². The summed E-state index contributed by atoms with van der Waals surface area (Å²) in [7, 11) is 0. The molecule has 0 aliphatic carbocycles. The highest BCUT2D eigenvalue weighted by Crippen LogP contribution is 2.23. The first-order chi connectivity index (χ1) is 12.6. The molecule has 0 saturated carbocycles. The van der Waals surface area contributed by atoms with Gasteiger partial charge in [0.25, 0.3) is 5.56 Å². The van der Waals surface area contributed by atoms with Crippen molar-refractivity contribution in [1.29, 1.82) is 0 Å². The van der Waals surface area contributed by atoms with Crippen LogP contribution in [0.25, 0.3) is 27.9 Å². The maximum atomic E-state index is 12.6. The van der Waals surface area contributed by atoms with Crippen molar-refractivity contribution in [3.8, 4) is 11.1 Å². The van der Waals surface area contributed by atoms with Gasteiger partial charge < -0.3 is 5.11 Å². The van der Waals surface area contributed by atoms with Crippen LogP contribution >= 0.6 is 0 Å². The van der Waals surface area contributed by atoms with E-state index < -0.39 is 5.97 Å². The molecule has 0 unspecified atom stereocenters. The largest absolute Gasteiger partial charge is 0.481 e. The maximum Gasteiger partial charge on any atom is 0.303 e. The molecule has 130 valence electrons. The predicted octanol–water partition coefficient (Wildman–Crippen LogP) is 1.37. The van der Waals surface area contributed by atoms with Gasteiger partial charge in [0, 0.05) is 18.5 Å². The van der Waals surface area contributed by atoms with Gasteiger partial charge >= 0.3 is 5.97 Å². The molecule has 0 saturated heterocycles. The summed E-state index contributed by atoms with van der Waals surface area (Å²) in [5.41, 5.74) is 2.30. The van der Waals surface area contributed by atoms with Gasteiger partial charge in [0.05, 0.1) is 6.20 Å². The lowest BCUT2D eigenvalue weighted by Gasteiger charge is -2.05. The van der Waals surface area contributed by atoms with Gasteiger partial charge in [-0.15, -0.1) is 10.2 Å². The Bertz CT molecular complexity index is 1170. The Morgan fingerprint density at radius 3 is 2.69 bits per heavy atom. The average Bonchev–Trinajstić information content (AvgIpc) is 3.08. The van der Waals surface area contributed by atoms with Gasteiger partial charge in [-0.1, -0.05) is 30.3 Å². The number of aryl methyl sites for hydroxylation is 1. The standard InChI is InChI=1S/C17H14N6O3/c24-13(25)7-4-8-22-10-18-16-14(17(22)26)20-21-15-12(9-19-23(15)16)11-5-2-1-3-6-11/h1-3,5-6,9-10H,4,7-8H2,(H,24,25). The van der Waals surface area contributed by atoms with E-state index in [1.807, 2.05) is 30.3 Å². The fourth-order valence-electron chi connectivity index (χ4n) is 2.78. The monoisotopic (exact) mass is 350 g/mol. The van der Waals surface area contributed by atoms with Crippen LogP contribution in [0.4, 0.5) is 0 Å². The maximum absolute atomic E-state index is 12.6. The third-order valence-electron chi connectivity index (χ3n) is 4.06. The van der Waals surface area contributed by atoms with Crippen molar-refractivity contribution in [2.45, 2.75) is 19.4 Å². The summed E-state index contributed by atoms with van der Waals surface area (Å²) in [6.07, 6.45) is 3.36. The van der Waals surface area contributed by atoms with Crippen molar-refractivity contribution in [2.24, 2.45) is 0 Å².